The molecule has 2 rings (SSSR count). The van der Waals surface area contributed by atoms with Gasteiger partial charge in [0.05, 0.1) is 28.7 Å². The van der Waals surface area contributed by atoms with Crippen molar-refractivity contribution in [2.24, 2.45) is 0 Å². The van der Waals surface area contributed by atoms with Crippen molar-refractivity contribution in [3.63, 3.8) is 0 Å². The number of carbonyl (C=O) groups is 2. The maximum Gasteiger partial charge on any atom is 0.339 e. The van der Waals surface area contributed by atoms with Crippen LogP contribution in [0.1, 0.15) is 22.8 Å². The lowest BCUT2D eigenvalue weighted by atomic mass is 10.1. The molecule has 10 heteroatoms. The molecule has 0 aliphatic carbocycles. The van der Waals surface area contributed by atoms with E-state index in [0.717, 1.165) is 6.07 Å². The summed E-state index contributed by atoms with van der Waals surface area (Å²) in [4.78, 5) is 35.3. The number of ether oxygens (including phenoxy) is 2. The van der Waals surface area contributed by atoms with E-state index >= 15 is 0 Å². The molecule has 0 radical (unpaired) electrons. The molecule has 0 unspecified atom stereocenters. The molecule has 0 aliphatic heterocycles. The Bertz CT molecular complexity index is 968. The minimum absolute atomic E-state index is 0.0583. The first-order chi connectivity index (χ1) is 14.3. The second kappa shape index (κ2) is 10.5. The summed E-state index contributed by atoms with van der Waals surface area (Å²) in [5.74, 6) is -1.45. The minimum Gasteiger partial charge on any atom is -0.449 e. The normalized spacial score (nSPS) is 11.1. The van der Waals surface area contributed by atoms with Crippen LogP contribution in [0, 0.1) is 21.4 Å². The van der Waals surface area contributed by atoms with Crippen LogP contribution in [0.2, 0.25) is 0 Å². The summed E-state index contributed by atoms with van der Waals surface area (Å²) in [5, 5.41) is 25.5. The molecule has 30 heavy (non-hydrogen) atoms. The Morgan fingerprint density at radius 2 is 1.93 bits per heavy atom. The molecule has 10 nitrogen and oxygen atoms in total. The summed E-state index contributed by atoms with van der Waals surface area (Å²) >= 11 is 0. The highest BCUT2D eigenvalue weighted by atomic mass is 16.6. The monoisotopic (exact) mass is 412 g/mol. The summed E-state index contributed by atoms with van der Waals surface area (Å²) in [5.41, 5.74) is 0.755. The number of nitriles is 1. The number of nitrogens with zero attached hydrogens (tertiary/aromatic N) is 2. The molecule has 2 aromatic carbocycles. The first kappa shape index (κ1) is 22.3. The smallest absolute Gasteiger partial charge is 0.339 e. The van der Waals surface area contributed by atoms with E-state index in [2.05, 4.69) is 10.6 Å². The highest BCUT2D eigenvalue weighted by Gasteiger charge is 2.22. The van der Waals surface area contributed by atoms with E-state index in [-0.39, 0.29) is 16.9 Å². The Labute approximate surface area is 172 Å². The predicted molar refractivity (Wildman–Crippen MR) is 108 cm³/mol. The van der Waals surface area contributed by atoms with Crippen molar-refractivity contribution < 1.29 is 24.0 Å². The lowest BCUT2D eigenvalue weighted by molar-refractivity contribution is -0.384. The Morgan fingerprint density at radius 1 is 1.23 bits per heavy atom. The van der Waals surface area contributed by atoms with E-state index in [1.54, 1.807) is 12.1 Å². The Balaban J connectivity index is 2.04. The van der Waals surface area contributed by atoms with Crippen LogP contribution in [0.4, 0.5) is 17.1 Å². The number of anilines is 2. The molecule has 0 saturated heterocycles. The Kier molecular flexibility index (Phi) is 7.84. The van der Waals surface area contributed by atoms with Crippen molar-refractivity contribution in [1.82, 2.24) is 0 Å². The van der Waals surface area contributed by atoms with E-state index in [4.69, 9.17) is 14.7 Å². The Morgan fingerprint density at radius 3 is 2.53 bits per heavy atom. The fourth-order valence-electron chi connectivity index (χ4n) is 2.40. The highest BCUT2D eigenvalue weighted by molar-refractivity contribution is 5.97. The predicted octanol–water partition coefficient (Wildman–Crippen LogP) is 2.71. The van der Waals surface area contributed by atoms with Gasteiger partial charge in [-0.05, 0) is 43.3 Å². The van der Waals surface area contributed by atoms with Gasteiger partial charge in [0.2, 0.25) is 0 Å². The Hall–Kier alpha value is -3.97. The number of carbonyl (C=O) groups excluding carboxylic acids is 2. The largest absolute Gasteiger partial charge is 0.449 e. The molecule has 0 fully saturated rings. The minimum atomic E-state index is -1.15. The van der Waals surface area contributed by atoms with Crippen molar-refractivity contribution in [1.29, 1.82) is 5.26 Å². The molecule has 0 aliphatic rings. The number of hydrogen-bond donors (Lipinski definition) is 2. The van der Waals surface area contributed by atoms with E-state index in [1.165, 1.54) is 38.3 Å². The molecular weight excluding hydrogens is 392 g/mol. The van der Waals surface area contributed by atoms with Crippen LogP contribution in [0.25, 0.3) is 0 Å². The first-order valence-corrected chi connectivity index (χ1v) is 8.89. The van der Waals surface area contributed by atoms with Gasteiger partial charge in [-0.2, -0.15) is 5.26 Å². The fourth-order valence-corrected chi connectivity index (χ4v) is 2.40. The van der Waals surface area contributed by atoms with Gasteiger partial charge in [0.25, 0.3) is 11.6 Å². The molecule has 2 aromatic rings. The molecule has 2 N–H and O–H groups in total. The van der Waals surface area contributed by atoms with Crippen molar-refractivity contribution in [2.75, 3.05) is 30.9 Å². The van der Waals surface area contributed by atoms with Crippen LogP contribution in [0.3, 0.4) is 0 Å². The van der Waals surface area contributed by atoms with Crippen LogP contribution in [-0.2, 0) is 14.3 Å². The number of rotatable bonds is 9. The number of nitro benzene ring substituents is 1. The van der Waals surface area contributed by atoms with E-state index < -0.39 is 22.9 Å². The maximum atomic E-state index is 12.3. The summed E-state index contributed by atoms with van der Waals surface area (Å²) < 4.78 is 10.0. The van der Waals surface area contributed by atoms with Crippen molar-refractivity contribution in [3.05, 3.63) is 63.7 Å². The molecule has 1 atom stereocenters. The van der Waals surface area contributed by atoms with Crippen molar-refractivity contribution in [2.45, 2.75) is 13.0 Å². The van der Waals surface area contributed by atoms with Crippen LogP contribution in [-0.4, -0.2) is 43.2 Å². The van der Waals surface area contributed by atoms with Crippen LogP contribution < -0.4 is 10.6 Å². The van der Waals surface area contributed by atoms with Gasteiger partial charge in [-0.25, -0.2) is 4.79 Å². The number of nitrogens with one attached hydrogen (secondary N) is 2. The summed E-state index contributed by atoms with van der Waals surface area (Å²) in [6.07, 6.45) is -1.15. The average Bonchev–Trinajstić information content (AvgIpc) is 2.74. The number of amides is 1. The maximum absolute atomic E-state index is 12.3. The van der Waals surface area contributed by atoms with Crippen LogP contribution in [0.15, 0.2) is 42.5 Å². The molecule has 1 amide bonds. The molecule has 0 bridgehead atoms. The van der Waals surface area contributed by atoms with Gasteiger partial charge in [0.1, 0.15) is 5.69 Å². The third-order valence-electron chi connectivity index (χ3n) is 3.99. The quantitative estimate of drug-likeness (QED) is 0.277. The molecule has 0 aromatic heterocycles. The highest BCUT2D eigenvalue weighted by Crippen LogP contribution is 2.26. The standard InChI is InChI=1S/C20H20N4O6/c1-13(19(25)23-16-6-3-14(12-21)4-7-16)30-20(26)15-5-8-17(22-9-10-29-2)18(11-15)24(27)28/h3-8,11,13,22H,9-10H2,1-2H3,(H,23,25)/t13-/m0/s1. The third kappa shape index (κ3) is 6.02. The van der Waals surface area contributed by atoms with E-state index in [0.29, 0.717) is 24.4 Å². The second-order valence-electron chi connectivity index (χ2n) is 6.13. The zero-order valence-electron chi connectivity index (χ0n) is 16.4. The summed E-state index contributed by atoms with van der Waals surface area (Å²) in [6.45, 7) is 2.09. The lowest BCUT2D eigenvalue weighted by Crippen LogP contribution is -2.30. The second-order valence-corrected chi connectivity index (χ2v) is 6.13. The van der Waals surface area contributed by atoms with Crippen molar-refractivity contribution in [3.8, 4) is 6.07 Å². The van der Waals surface area contributed by atoms with Gasteiger partial charge < -0.3 is 20.1 Å². The third-order valence-corrected chi connectivity index (χ3v) is 3.99. The fraction of sp³-hybridized carbons (Fsp3) is 0.250. The van der Waals surface area contributed by atoms with Gasteiger partial charge >= 0.3 is 5.97 Å². The average molecular weight is 412 g/mol. The number of benzene rings is 2. The van der Waals surface area contributed by atoms with E-state index in [9.17, 15) is 19.7 Å². The molecule has 0 heterocycles. The number of nitro groups is 1. The van der Waals surface area contributed by atoms with Gasteiger partial charge in [-0.1, -0.05) is 0 Å². The zero-order valence-corrected chi connectivity index (χ0v) is 16.4. The summed E-state index contributed by atoms with van der Waals surface area (Å²) in [6, 6.07) is 12.0. The molecular formula is C20H20N4O6. The topological polar surface area (TPSA) is 144 Å². The van der Waals surface area contributed by atoms with Gasteiger partial charge in [0, 0.05) is 25.4 Å². The van der Waals surface area contributed by atoms with E-state index in [1.807, 2.05) is 6.07 Å². The van der Waals surface area contributed by atoms with Gasteiger partial charge in [0.15, 0.2) is 6.10 Å². The molecule has 156 valence electrons. The first-order valence-electron chi connectivity index (χ1n) is 8.89. The molecule has 0 saturated carbocycles. The SMILES string of the molecule is COCCNc1ccc(C(=O)O[C@@H](C)C(=O)Nc2ccc(C#N)cc2)cc1[N+](=O)[O-]. The molecule has 0 spiro atoms. The van der Waals surface area contributed by atoms with Gasteiger partial charge in [-0.3, -0.25) is 14.9 Å². The number of hydrogen-bond acceptors (Lipinski definition) is 8. The van der Waals surface area contributed by atoms with Crippen molar-refractivity contribution >= 4 is 28.9 Å². The van der Waals surface area contributed by atoms with Crippen LogP contribution >= 0.6 is 0 Å². The number of esters is 1. The van der Waals surface area contributed by atoms with Crippen LogP contribution in [0.5, 0.6) is 0 Å². The lowest BCUT2D eigenvalue weighted by Gasteiger charge is -2.14. The summed E-state index contributed by atoms with van der Waals surface area (Å²) in [7, 11) is 1.51. The number of methoxy groups -OCH3 is 1. The van der Waals surface area contributed by atoms with Gasteiger partial charge in [-0.15, -0.1) is 0 Å². The zero-order chi connectivity index (χ0) is 22.1.